The highest BCUT2D eigenvalue weighted by Gasteiger charge is 2.06. The number of aromatic nitrogens is 2. The number of hydrogen-bond acceptors (Lipinski definition) is 4. The van der Waals surface area contributed by atoms with E-state index < -0.39 is 0 Å². The fourth-order valence-corrected chi connectivity index (χ4v) is 2.07. The number of pyridine rings is 1. The molecule has 0 aromatic carbocycles. The van der Waals surface area contributed by atoms with Crippen molar-refractivity contribution in [3.63, 3.8) is 0 Å². The number of aliphatic hydroxyl groups is 1. The molecule has 0 radical (unpaired) electrons. The minimum absolute atomic E-state index is 0.0211. The summed E-state index contributed by atoms with van der Waals surface area (Å²) in [7, 11) is 0. The van der Waals surface area contributed by atoms with Crippen LogP contribution in [0.3, 0.4) is 0 Å². The zero-order chi connectivity index (χ0) is 9.26. The van der Waals surface area contributed by atoms with Crippen molar-refractivity contribution in [3.05, 3.63) is 28.7 Å². The molecule has 2 heterocycles. The van der Waals surface area contributed by atoms with Crippen molar-refractivity contribution < 1.29 is 5.11 Å². The van der Waals surface area contributed by atoms with E-state index in [2.05, 4.69) is 4.98 Å². The Morgan fingerprint density at radius 1 is 1.62 bits per heavy atom. The third-order valence-electron chi connectivity index (χ3n) is 1.73. The first-order valence-electron chi connectivity index (χ1n) is 3.88. The Bertz CT molecular complexity index is 474. The first-order valence-corrected chi connectivity index (χ1v) is 4.66. The minimum atomic E-state index is -0.0675. The van der Waals surface area contributed by atoms with E-state index in [1.54, 1.807) is 18.3 Å². The molecule has 2 aromatic heterocycles. The first kappa shape index (κ1) is 8.40. The largest absolute Gasteiger partial charge is 0.394 e. The topological polar surface area (TPSA) is 55.1 Å². The van der Waals surface area contributed by atoms with Gasteiger partial charge in [0.25, 0.3) is 5.56 Å². The molecule has 4 nitrogen and oxygen atoms in total. The van der Waals surface area contributed by atoms with Gasteiger partial charge in [-0.3, -0.25) is 8.75 Å². The maximum atomic E-state index is 11.5. The Hall–Kier alpha value is -1.20. The van der Waals surface area contributed by atoms with Crippen LogP contribution in [0.15, 0.2) is 23.1 Å². The second-order valence-electron chi connectivity index (χ2n) is 2.58. The van der Waals surface area contributed by atoms with Crippen LogP contribution in [0.5, 0.6) is 0 Å². The lowest BCUT2D eigenvalue weighted by Crippen LogP contribution is -2.14. The highest BCUT2D eigenvalue weighted by molar-refractivity contribution is 7.13. The Balaban J connectivity index is 2.67. The summed E-state index contributed by atoms with van der Waals surface area (Å²) in [6.45, 7) is 0.326. The van der Waals surface area contributed by atoms with Gasteiger partial charge in [0, 0.05) is 6.20 Å². The molecule has 13 heavy (non-hydrogen) atoms. The lowest BCUT2D eigenvalue weighted by Gasteiger charge is -1.91. The molecule has 5 heteroatoms. The maximum absolute atomic E-state index is 11.5. The highest BCUT2D eigenvalue weighted by atomic mass is 32.1. The van der Waals surface area contributed by atoms with E-state index in [1.807, 2.05) is 0 Å². The molecule has 0 aliphatic rings. The molecule has 0 amide bonds. The molecular weight excluding hydrogens is 188 g/mol. The van der Waals surface area contributed by atoms with Crippen molar-refractivity contribution >= 4 is 21.7 Å². The van der Waals surface area contributed by atoms with Crippen LogP contribution in [0.1, 0.15) is 0 Å². The van der Waals surface area contributed by atoms with Gasteiger partial charge in [-0.15, -0.1) is 0 Å². The van der Waals surface area contributed by atoms with Crippen LogP contribution in [-0.4, -0.2) is 20.7 Å². The number of nitrogens with zero attached hydrogens (tertiary/aromatic N) is 2. The summed E-state index contributed by atoms with van der Waals surface area (Å²) in [6, 6.07) is 3.48. The Labute approximate surface area is 78.2 Å². The van der Waals surface area contributed by atoms with Gasteiger partial charge in [0.1, 0.15) is 4.83 Å². The van der Waals surface area contributed by atoms with Crippen molar-refractivity contribution in [2.24, 2.45) is 0 Å². The standard InChI is InChI=1S/C8H8N2O2S/c11-5-4-10-8(12)6-2-1-3-9-7(6)13-10/h1-3,11H,4-5H2. The van der Waals surface area contributed by atoms with Gasteiger partial charge >= 0.3 is 0 Å². The molecule has 68 valence electrons. The molecule has 0 atom stereocenters. The highest BCUT2D eigenvalue weighted by Crippen LogP contribution is 2.12. The van der Waals surface area contributed by atoms with Gasteiger partial charge in [0.2, 0.25) is 0 Å². The average Bonchev–Trinajstić information content (AvgIpc) is 2.46. The van der Waals surface area contributed by atoms with E-state index in [0.717, 1.165) is 4.83 Å². The van der Waals surface area contributed by atoms with E-state index in [1.165, 1.54) is 15.5 Å². The summed E-state index contributed by atoms with van der Waals surface area (Å²) >= 11 is 1.28. The summed E-state index contributed by atoms with van der Waals surface area (Å²) in [6.07, 6.45) is 1.65. The van der Waals surface area contributed by atoms with Crippen molar-refractivity contribution in [3.8, 4) is 0 Å². The first-order chi connectivity index (χ1) is 6.33. The van der Waals surface area contributed by atoms with Crippen LogP contribution in [0.2, 0.25) is 0 Å². The monoisotopic (exact) mass is 196 g/mol. The normalized spacial score (nSPS) is 10.8. The molecule has 2 rings (SSSR count). The summed E-state index contributed by atoms with van der Waals surface area (Å²) in [5.41, 5.74) is -0.0675. The van der Waals surface area contributed by atoms with Crippen LogP contribution in [0, 0.1) is 0 Å². The van der Waals surface area contributed by atoms with Gasteiger partial charge in [-0.25, -0.2) is 4.98 Å². The predicted octanol–water partition coefficient (Wildman–Crippen LogP) is 0.450. The SMILES string of the molecule is O=c1c2cccnc2sn1CCO. The molecule has 0 saturated heterocycles. The summed E-state index contributed by atoms with van der Waals surface area (Å²) in [5, 5.41) is 9.32. The number of aliphatic hydroxyl groups excluding tert-OH is 1. The molecule has 0 saturated carbocycles. The number of fused-ring (bicyclic) bond motifs is 1. The molecule has 1 N–H and O–H groups in total. The average molecular weight is 196 g/mol. The van der Waals surface area contributed by atoms with E-state index in [4.69, 9.17) is 5.11 Å². The smallest absolute Gasteiger partial charge is 0.270 e. The Kier molecular flexibility index (Phi) is 2.12. The second-order valence-corrected chi connectivity index (χ2v) is 3.59. The van der Waals surface area contributed by atoms with Gasteiger partial charge in [-0.2, -0.15) is 0 Å². The van der Waals surface area contributed by atoms with Crippen LogP contribution in [0.4, 0.5) is 0 Å². The third-order valence-corrected chi connectivity index (χ3v) is 2.79. The lowest BCUT2D eigenvalue weighted by molar-refractivity contribution is 0.279. The summed E-state index contributed by atoms with van der Waals surface area (Å²) in [4.78, 5) is 16.3. The van der Waals surface area contributed by atoms with Gasteiger partial charge in [-0.1, -0.05) is 0 Å². The third kappa shape index (κ3) is 1.36. The molecule has 2 aromatic rings. The number of hydrogen-bond donors (Lipinski definition) is 1. The van der Waals surface area contributed by atoms with Crippen LogP contribution < -0.4 is 5.56 Å². The molecule has 0 bridgehead atoms. The van der Waals surface area contributed by atoms with Gasteiger partial charge in [0.05, 0.1) is 18.5 Å². The van der Waals surface area contributed by atoms with Crippen molar-refractivity contribution in [2.45, 2.75) is 6.54 Å². The molecule has 0 unspecified atom stereocenters. The van der Waals surface area contributed by atoms with E-state index in [9.17, 15) is 4.79 Å². The summed E-state index contributed by atoms with van der Waals surface area (Å²) in [5.74, 6) is 0. The molecule has 0 fully saturated rings. The second kappa shape index (κ2) is 3.27. The molecule has 0 aliphatic carbocycles. The predicted molar refractivity (Wildman–Crippen MR) is 51.0 cm³/mol. The van der Waals surface area contributed by atoms with E-state index in [0.29, 0.717) is 11.9 Å². The molecule has 0 spiro atoms. The van der Waals surface area contributed by atoms with Crippen molar-refractivity contribution in [1.82, 2.24) is 8.94 Å². The zero-order valence-electron chi connectivity index (χ0n) is 6.80. The van der Waals surface area contributed by atoms with Crippen LogP contribution in [-0.2, 0) is 6.54 Å². The van der Waals surface area contributed by atoms with Crippen LogP contribution in [0.25, 0.3) is 10.2 Å². The van der Waals surface area contributed by atoms with Crippen LogP contribution >= 0.6 is 11.5 Å². The maximum Gasteiger partial charge on any atom is 0.270 e. The Morgan fingerprint density at radius 2 is 2.46 bits per heavy atom. The zero-order valence-corrected chi connectivity index (χ0v) is 7.62. The van der Waals surface area contributed by atoms with Crippen molar-refractivity contribution in [1.29, 1.82) is 0 Å². The van der Waals surface area contributed by atoms with E-state index >= 15 is 0 Å². The minimum Gasteiger partial charge on any atom is -0.394 e. The number of rotatable bonds is 2. The van der Waals surface area contributed by atoms with Gasteiger partial charge in [0.15, 0.2) is 0 Å². The van der Waals surface area contributed by atoms with E-state index in [-0.39, 0.29) is 12.2 Å². The van der Waals surface area contributed by atoms with Gasteiger partial charge < -0.3 is 5.11 Å². The fraction of sp³-hybridized carbons (Fsp3) is 0.250. The van der Waals surface area contributed by atoms with Gasteiger partial charge in [-0.05, 0) is 23.7 Å². The molecular formula is C8H8N2O2S. The molecule has 0 aliphatic heterocycles. The Morgan fingerprint density at radius 3 is 3.15 bits per heavy atom. The lowest BCUT2D eigenvalue weighted by atomic mass is 10.4. The fourth-order valence-electron chi connectivity index (χ4n) is 1.14. The summed E-state index contributed by atoms with van der Waals surface area (Å²) < 4.78 is 1.51. The van der Waals surface area contributed by atoms with Crippen molar-refractivity contribution in [2.75, 3.05) is 6.61 Å². The quantitative estimate of drug-likeness (QED) is 0.758.